The van der Waals surface area contributed by atoms with Crippen LogP contribution in [0.5, 0.6) is 5.75 Å². The lowest BCUT2D eigenvalue weighted by atomic mass is 9.97. The number of methoxy groups -OCH3 is 2. The van der Waals surface area contributed by atoms with E-state index in [-0.39, 0.29) is 11.6 Å². The molecule has 0 atom stereocenters. The fourth-order valence-corrected chi connectivity index (χ4v) is 3.10. The van der Waals surface area contributed by atoms with Crippen LogP contribution in [0.25, 0.3) is 17.0 Å². The Labute approximate surface area is 167 Å². The van der Waals surface area contributed by atoms with Gasteiger partial charge in [-0.15, -0.1) is 0 Å². The molecule has 0 aliphatic carbocycles. The Hall–Kier alpha value is -3.54. The second-order valence-electron chi connectivity index (χ2n) is 6.50. The molecule has 0 aliphatic heterocycles. The number of aromatic nitrogens is 1. The van der Waals surface area contributed by atoms with Crippen LogP contribution >= 0.6 is 0 Å². The van der Waals surface area contributed by atoms with Crippen LogP contribution < -0.4 is 4.74 Å². The predicted octanol–water partition coefficient (Wildman–Crippen LogP) is 4.36. The number of ketones is 1. The van der Waals surface area contributed by atoms with Crippen LogP contribution in [-0.2, 0) is 16.0 Å². The van der Waals surface area contributed by atoms with Crippen molar-refractivity contribution < 1.29 is 23.5 Å². The van der Waals surface area contributed by atoms with E-state index in [1.54, 1.807) is 30.5 Å². The van der Waals surface area contributed by atoms with Gasteiger partial charge >= 0.3 is 5.97 Å². The van der Waals surface area contributed by atoms with Gasteiger partial charge in [0.25, 0.3) is 0 Å². The average Bonchev–Trinajstić information content (AvgIpc) is 2.72. The maximum atomic E-state index is 13.2. The molecule has 0 N–H and O–H groups in total. The van der Waals surface area contributed by atoms with Gasteiger partial charge in [-0.3, -0.25) is 9.78 Å². The minimum atomic E-state index is -0.506. The van der Waals surface area contributed by atoms with Crippen molar-refractivity contribution in [2.75, 3.05) is 14.2 Å². The molecule has 0 radical (unpaired) electrons. The van der Waals surface area contributed by atoms with E-state index in [9.17, 15) is 14.0 Å². The first-order chi connectivity index (χ1) is 13.9. The lowest BCUT2D eigenvalue weighted by molar-refractivity contribution is -0.134. The number of hydrogen-bond acceptors (Lipinski definition) is 5. The third-order valence-electron chi connectivity index (χ3n) is 4.52. The number of pyridine rings is 1. The van der Waals surface area contributed by atoms with Gasteiger partial charge in [0, 0.05) is 17.7 Å². The molecule has 0 saturated heterocycles. The number of carbonyl (C=O) groups is 2. The Morgan fingerprint density at radius 2 is 1.83 bits per heavy atom. The van der Waals surface area contributed by atoms with Gasteiger partial charge in [0.1, 0.15) is 11.3 Å². The average molecular weight is 393 g/mol. The third-order valence-corrected chi connectivity index (χ3v) is 4.52. The largest absolute Gasteiger partial charge is 0.494 e. The molecule has 6 heteroatoms. The molecule has 148 valence electrons. The molecule has 29 heavy (non-hydrogen) atoms. The second-order valence-corrected chi connectivity index (χ2v) is 6.50. The first-order valence-corrected chi connectivity index (χ1v) is 8.94. The first kappa shape index (κ1) is 20.2. The van der Waals surface area contributed by atoms with Gasteiger partial charge in [0.15, 0.2) is 11.5 Å². The molecule has 2 aromatic carbocycles. The summed E-state index contributed by atoms with van der Waals surface area (Å²) in [5, 5.41) is 0.728. The summed E-state index contributed by atoms with van der Waals surface area (Å²) in [6.07, 6.45) is 5.13. The van der Waals surface area contributed by atoms with E-state index in [1.165, 1.54) is 39.4 Å². The van der Waals surface area contributed by atoms with Gasteiger partial charge in [0.2, 0.25) is 0 Å². The standard InChI is InChI=1S/C23H20FNO4/c1-14(26)19-12-17(6-9-21(27)28-2)20-11-16(13-25-22(20)23(19)29-3)10-15-4-7-18(24)8-5-15/h4-9,11-13H,10H2,1-3H3/b9-6-. The van der Waals surface area contributed by atoms with Crippen molar-refractivity contribution >= 4 is 28.7 Å². The van der Waals surface area contributed by atoms with Crippen LogP contribution in [0, 0.1) is 5.82 Å². The Balaban J connectivity index is 2.16. The summed E-state index contributed by atoms with van der Waals surface area (Å²) in [6, 6.07) is 9.86. The monoisotopic (exact) mass is 393 g/mol. The van der Waals surface area contributed by atoms with Gasteiger partial charge in [-0.1, -0.05) is 12.1 Å². The number of benzene rings is 2. The van der Waals surface area contributed by atoms with E-state index in [2.05, 4.69) is 9.72 Å². The summed E-state index contributed by atoms with van der Waals surface area (Å²) < 4.78 is 23.3. The fraction of sp³-hybridized carbons (Fsp3) is 0.174. The number of esters is 1. The number of carbonyl (C=O) groups excluding carboxylic acids is 2. The van der Waals surface area contributed by atoms with E-state index in [0.717, 1.165) is 16.5 Å². The molecule has 3 rings (SSSR count). The number of fused-ring (bicyclic) bond motifs is 1. The molecule has 0 bridgehead atoms. The van der Waals surface area contributed by atoms with Crippen molar-refractivity contribution in [2.45, 2.75) is 13.3 Å². The van der Waals surface area contributed by atoms with Gasteiger partial charge in [-0.05, 0) is 60.4 Å². The number of hydrogen-bond donors (Lipinski definition) is 0. The van der Waals surface area contributed by atoms with Gasteiger partial charge < -0.3 is 9.47 Å². The lowest BCUT2D eigenvalue weighted by Crippen LogP contribution is -2.02. The Kier molecular flexibility index (Phi) is 6.02. The summed E-state index contributed by atoms with van der Waals surface area (Å²) in [5.74, 6) is -0.583. The summed E-state index contributed by atoms with van der Waals surface area (Å²) >= 11 is 0. The van der Waals surface area contributed by atoms with Gasteiger partial charge in [-0.2, -0.15) is 0 Å². The van der Waals surface area contributed by atoms with Gasteiger partial charge in [-0.25, -0.2) is 9.18 Å². The van der Waals surface area contributed by atoms with Crippen LogP contribution in [-0.4, -0.2) is 31.0 Å². The number of nitrogens with zero attached hydrogens (tertiary/aromatic N) is 1. The molecular weight excluding hydrogens is 373 g/mol. The molecule has 0 saturated carbocycles. The Morgan fingerprint density at radius 3 is 2.45 bits per heavy atom. The van der Waals surface area contributed by atoms with E-state index in [4.69, 9.17) is 4.74 Å². The predicted molar refractivity (Wildman–Crippen MR) is 109 cm³/mol. The number of ether oxygens (including phenoxy) is 2. The smallest absolute Gasteiger partial charge is 0.330 e. The highest BCUT2D eigenvalue weighted by Crippen LogP contribution is 2.33. The van der Waals surface area contributed by atoms with Crippen LogP contribution in [0.4, 0.5) is 4.39 Å². The zero-order chi connectivity index (χ0) is 21.0. The van der Waals surface area contributed by atoms with Crippen LogP contribution in [0.1, 0.15) is 34.0 Å². The number of halogens is 1. The normalized spacial score (nSPS) is 11.0. The topological polar surface area (TPSA) is 65.5 Å². The second kappa shape index (κ2) is 8.65. The summed E-state index contributed by atoms with van der Waals surface area (Å²) in [6.45, 7) is 1.44. The lowest BCUT2D eigenvalue weighted by Gasteiger charge is -2.13. The van der Waals surface area contributed by atoms with Crippen molar-refractivity contribution in [3.8, 4) is 5.75 Å². The minimum absolute atomic E-state index is 0.173. The summed E-state index contributed by atoms with van der Waals surface area (Å²) in [4.78, 5) is 28.2. The van der Waals surface area contributed by atoms with Crippen LogP contribution in [0.15, 0.2) is 48.7 Å². The highest BCUT2D eigenvalue weighted by atomic mass is 19.1. The molecule has 0 fully saturated rings. The highest BCUT2D eigenvalue weighted by molar-refractivity contribution is 6.06. The molecule has 0 unspecified atom stereocenters. The van der Waals surface area contributed by atoms with Crippen molar-refractivity contribution in [1.29, 1.82) is 0 Å². The molecular formula is C23H20FNO4. The first-order valence-electron chi connectivity index (χ1n) is 8.94. The van der Waals surface area contributed by atoms with Crippen molar-refractivity contribution in [3.05, 3.63) is 76.7 Å². The molecule has 0 amide bonds. The van der Waals surface area contributed by atoms with E-state index in [0.29, 0.717) is 28.8 Å². The minimum Gasteiger partial charge on any atom is -0.494 e. The summed E-state index contributed by atoms with van der Waals surface area (Å²) in [5.41, 5.74) is 3.38. The Morgan fingerprint density at radius 1 is 1.10 bits per heavy atom. The number of rotatable bonds is 6. The molecule has 3 aromatic rings. The molecule has 1 aromatic heterocycles. The van der Waals surface area contributed by atoms with E-state index in [1.807, 2.05) is 6.07 Å². The highest BCUT2D eigenvalue weighted by Gasteiger charge is 2.17. The molecule has 0 spiro atoms. The SMILES string of the molecule is COC(=O)/C=C\c1cc(C(C)=O)c(OC)c2ncc(Cc3ccc(F)cc3)cc12. The zero-order valence-electron chi connectivity index (χ0n) is 16.4. The number of Topliss-reactive ketones (excluding diaryl/α,β-unsaturated/α-hetero) is 1. The Bertz CT molecular complexity index is 1100. The zero-order valence-corrected chi connectivity index (χ0v) is 16.4. The molecule has 0 aliphatic rings. The van der Waals surface area contributed by atoms with Gasteiger partial charge in [0.05, 0.1) is 19.8 Å². The maximum absolute atomic E-state index is 13.2. The molecule has 5 nitrogen and oxygen atoms in total. The summed E-state index contributed by atoms with van der Waals surface area (Å²) in [7, 11) is 2.78. The molecule has 1 heterocycles. The fourth-order valence-electron chi connectivity index (χ4n) is 3.10. The van der Waals surface area contributed by atoms with E-state index >= 15 is 0 Å². The van der Waals surface area contributed by atoms with E-state index < -0.39 is 5.97 Å². The van der Waals surface area contributed by atoms with Crippen LogP contribution in [0.2, 0.25) is 0 Å². The maximum Gasteiger partial charge on any atom is 0.330 e. The van der Waals surface area contributed by atoms with Crippen molar-refractivity contribution in [1.82, 2.24) is 4.98 Å². The quantitative estimate of drug-likeness (QED) is 0.354. The van der Waals surface area contributed by atoms with Crippen molar-refractivity contribution in [2.24, 2.45) is 0 Å². The third kappa shape index (κ3) is 4.48. The van der Waals surface area contributed by atoms with Crippen molar-refractivity contribution in [3.63, 3.8) is 0 Å². The van der Waals surface area contributed by atoms with Crippen LogP contribution in [0.3, 0.4) is 0 Å².